The molecule has 0 fully saturated rings. The standard InChI is InChI=1S/C15H30O4.C4H6O2/c1-2-3-4-5-6-7-8-9-10-11-15(18)19-13-14(17)12-16;1-3(5)4(2)6/h14,16-17H,2-13H2,1H3;1-2H3. The van der Waals surface area contributed by atoms with Gasteiger partial charge in [-0.3, -0.25) is 14.4 Å². The second kappa shape index (κ2) is 19.1. The van der Waals surface area contributed by atoms with Gasteiger partial charge in [-0.15, -0.1) is 0 Å². The summed E-state index contributed by atoms with van der Waals surface area (Å²) >= 11 is 0. The summed E-state index contributed by atoms with van der Waals surface area (Å²) in [5, 5.41) is 17.6. The molecule has 0 aromatic rings. The Balaban J connectivity index is 0. The number of hydrogen-bond acceptors (Lipinski definition) is 6. The quantitative estimate of drug-likeness (QED) is 0.281. The summed E-state index contributed by atoms with van der Waals surface area (Å²) in [7, 11) is 0. The maximum atomic E-state index is 11.3. The van der Waals surface area contributed by atoms with Crippen LogP contribution in [0, 0.1) is 0 Å². The van der Waals surface area contributed by atoms with Crippen molar-refractivity contribution in [2.75, 3.05) is 13.2 Å². The van der Waals surface area contributed by atoms with E-state index in [9.17, 15) is 14.4 Å². The van der Waals surface area contributed by atoms with Crippen LogP contribution in [0.5, 0.6) is 0 Å². The van der Waals surface area contributed by atoms with E-state index in [0.717, 1.165) is 12.8 Å². The summed E-state index contributed by atoms with van der Waals surface area (Å²) in [5.74, 6) is -1.04. The van der Waals surface area contributed by atoms with E-state index in [4.69, 9.17) is 14.9 Å². The van der Waals surface area contributed by atoms with Crippen LogP contribution < -0.4 is 0 Å². The van der Waals surface area contributed by atoms with E-state index in [-0.39, 0.29) is 30.7 Å². The molecule has 25 heavy (non-hydrogen) atoms. The molecule has 0 radical (unpaired) electrons. The van der Waals surface area contributed by atoms with Crippen molar-refractivity contribution in [2.24, 2.45) is 0 Å². The van der Waals surface area contributed by atoms with Gasteiger partial charge < -0.3 is 14.9 Å². The molecule has 1 unspecified atom stereocenters. The molecule has 0 spiro atoms. The van der Waals surface area contributed by atoms with Gasteiger partial charge in [0.15, 0.2) is 11.6 Å². The fourth-order valence-corrected chi connectivity index (χ4v) is 1.89. The van der Waals surface area contributed by atoms with Gasteiger partial charge in [0.2, 0.25) is 0 Å². The molecule has 0 aliphatic heterocycles. The minimum absolute atomic E-state index is 0.104. The van der Waals surface area contributed by atoms with Crippen LogP contribution in [-0.2, 0) is 19.1 Å². The van der Waals surface area contributed by atoms with Gasteiger partial charge in [0.05, 0.1) is 6.61 Å². The van der Waals surface area contributed by atoms with E-state index in [1.807, 2.05) is 0 Å². The van der Waals surface area contributed by atoms with Crippen molar-refractivity contribution in [1.29, 1.82) is 0 Å². The molecule has 0 bridgehead atoms. The molecule has 148 valence electrons. The van der Waals surface area contributed by atoms with E-state index in [0.29, 0.717) is 6.42 Å². The molecular weight excluding hydrogens is 324 g/mol. The molecule has 0 aliphatic rings. The zero-order chi connectivity index (χ0) is 19.5. The number of esters is 1. The largest absolute Gasteiger partial charge is 0.463 e. The average Bonchev–Trinajstić information content (AvgIpc) is 2.58. The average molecular weight is 360 g/mol. The third-order valence-electron chi connectivity index (χ3n) is 3.63. The van der Waals surface area contributed by atoms with Crippen molar-refractivity contribution in [3.05, 3.63) is 0 Å². The Morgan fingerprint density at radius 1 is 0.840 bits per heavy atom. The minimum atomic E-state index is -0.952. The first-order valence-corrected chi connectivity index (χ1v) is 9.31. The highest BCUT2D eigenvalue weighted by Gasteiger charge is 2.07. The summed E-state index contributed by atoms with van der Waals surface area (Å²) < 4.78 is 4.82. The Hall–Kier alpha value is -1.27. The maximum absolute atomic E-state index is 11.3. The fourth-order valence-electron chi connectivity index (χ4n) is 1.89. The van der Waals surface area contributed by atoms with E-state index in [1.54, 1.807) is 0 Å². The topological polar surface area (TPSA) is 101 Å². The number of unbranched alkanes of at least 4 members (excludes halogenated alkanes) is 8. The van der Waals surface area contributed by atoms with Crippen LogP contribution in [0.1, 0.15) is 85.0 Å². The van der Waals surface area contributed by atoms with E-state index < -0.39 is 6.10 Å². The SMILES string of the molecule is CC(=O)C(C)=O.CCCCCCCCCCCC(=O)OCC(O)CO. The maximum Gasteiger partial charge on any atom is 0.305 e. The number of aliphatic hydroxyl groups is 2. The van der Waals surface area contributed by atoms with Crippen molar-refractivity contribution in [3.63, 3.8) is 0 Å². The third-order valence-corrected chi connectivity index (χ3v) is 3.63. The smallest absolute Gasteiger partial charge is 0.305 e. The first-order chi connectivity index (χ1) is 11.8. The highest BCUT2D eigenvalue weighted by molar-refractivity contribution is 6.35. The van der Waals surface area contributed by atoms with Gasteiger partial charge >= 0.3 is 5.97 Å². The first kappa shape index (κ1) is 26.0. The first-order valence-electron chi connectivity index (χ1n) is 9.31. The van der Waals surface area contributed by atoms with Gasteiger partial charge in [-0.05, 0) is 6.42 Å². The van der Waals surface area contributed by atoms with Gasteiger partial charge in [-0.1, -0.05) is 58.3 Å². The van der Waals surface area contributed by atoms with Crippen LogP contribution in [0.15, 0.2) is 0 Å². The summed E-state index contributed by atoms with van der Waals surface area (Å²) in [5.41, 5.74) is 0. The van der Waals surface area contributed by atoms with Crippen molar-refractivity contribution < 1.29 is 29.3 Å². The number of rotatable bonds is 14. The number of ketones is 2. The highest BCUT2D eigenvalue weighted by atomic mass is 16.5. The number of Topliss-reactive ketones (excluding diaryl/α,β-unsaturated/α-hetero) is 2. The van der Waals surface area contributed by atoms with Crippen molar-refractivity contribution >= 4 is 17.5 Å². The second-order valence-electron chi connectivity index (χ2n) is 6.21. The molecule has 0 rings (SSSR count). The molecule has 0 aromatic carbocycles. The predicted octanol–water partition coefficient (Wildman–Crippen LogP) is 2.97. The van der Waals surface area contributed by atoms with Crippen LogP contribution in [0.4, 0.5) is 0 Å². The molecule has 0 amide bonds. The van der Waals surface area contributed by atoms with Crippen molar-refractivity contribution in [3.8, 4) is 0 Å². The molecule has 0 aliphatic carbocycles. The molecule has 0 saturated carbocycles. The van der Waals surface area contributed by atoms with Crippen molar-refractivity contribution in [1.82, 2.24) is 0 Å². The summed E-state index contributed by atoms with van der Waals surface area (Å²) in [4.78, 5) is 30.8. The Morgan fingerprint density at radius 2 is 1.28 bits per heavy atom. The molecule has 6 heteroatoms. The molecule has 0 aromatic heterocycles. The van der Waals surface area contributed by atoms with Gasteiger partial charge in [-0.25, -0.2) is 0 Å². The Morgan fingerprint density at radius 3 is 1.68 bits per heavy atom. The molecular formula is C19H36O6. The third kappa shape index (κ3) is 22.7. The lowest BCUT2D eigenvalue weighted by Gasteiger charge is -2.08. The fraction of sp³-hybridized carbons (Fsp3) is 0.842. The molecule has 1 atom stereocenters. The lowest BCUT2D eigenvalue weighted by atomic mass is 10.1. The highest BCUT2D eigenvalue weighted by Crippen LogP contribution is 2.10. The number of aliphatic hydroxyl groups excluding tert-OH is 2. The lowest BCUT2D eigenvalue weighted by molar-refractivity contribution is -0.147. The lowest BCUT2D eigenvalue weighted by Crippen LogP contribution is -2.21. The van der Waals surface area contributed by atoms with Crippen LogP contribution in [0.3, 0.4) is 0 Å². The van der Waals surface area contributed by atoms with Crippen LogP contribution in [-0.4, -0.2) is 47.1 Å². The number of ether oxygens (including phenoxy) is 1. The molecule has 0 heterocycles. The number of carbonyl (C=O) groups is 3. The Kier molecular flexibility index (Phi) is 19.8. The van der Waals surface area contributed by atoms with Crippen LogP contribution in [0.2, 0.25) is 0 Å². The van der Waals surface area contributed by atoms with Crippen LogP contribution >= 0.6 is 0 Å². The predicted molar refractivity (Wildman–Crippen MR) is 97.3 cm³/mol. The normalized spacial score (nSPS) is 11.2. The van der Waals surface area contributed by atoms with Gasteiger partial charge in [-0.2, -0.15) is 0 Å². The van der Waals surface area contributed by atoms with Gasteiger partial charge in [0.1, 0.15) is 12.7 Å². The van der Waals surface area contributed by atoms with Gasteiger partial charge in [0.25, 0.3) is 0 Å². The number of carbonyl (C=O) groups excluding carboxylic acids is 3. The van der Waals surface area contributed by atoms with E-state index in [1.165, 1.54) is 58.8 Å². The van der Waals surface area contributed by atoms with Crippen molar-refractivity contribution in [2.45, 2.75) is 91.1 Å². The van der Waals surface area contributed by atoms with E-state index >= 15 is 0 Å². The minimum Gasteiger partial charge on any atom is -0.463 e. The summed E-state index contributed by atoms with van der Waals surface area (Å²) in [6.45, 7) is 4.25. The Labute approximate surface area is 152 Å². The molecule has 2 N–H and O–H groups in total. The summed E-state index contributed by atoms with van der Waals surface area (Å²) in [6, 6.07) is 0. The monoisotopic (exact) mass is 360 g/mol. The zero-order valence-electron chi connectivity index (χ0n) is 16.1. The molecule has 6 nitrogen and oxygen atoms in total. The van der Waals surface area contributed by atoms with E-state index in [2.05, 4.69) is 6.92 Å². The zero-order valence-corrected chi connectivity index (χ0v) is 16.1. The number of hydrogen-bond donors (Lipinski definition) is 2. The molecule has 0 saturated heterocycles. The van der Waals surface area contributed by atoms with Crippen LogP contribution in [0.25, 0.3) is 0 Å². The Bertz CT molecular complexity index is 342. The summed E-state index contributed by atoms with van der Waals surface area (Å²) in [6.07, 6.45) is 10.4. The second-order valence-corrected chi connectivity index (χ2v) is 6.21. The van der Waals surface area contributed by atoms with Gasteiger partial charge in [0, 0.05) is 20.3 Å².